The van der Waals surface area contributed by atoms with Gasteiger partial charge in [-0.25, -0.2) is 0 Å². The molecule has 20 heavy (non-hydrogen) atoms. The zero-order valence-electron chi connectivity index (χ0n) is 10.7. The van der Waals surface area contributed by atoms with Crippen LogP contribution in [0.5, 0.6) is 0 Å². The third kappa shape index (κ3) is 2.71. The molecular formula is C15H13ClN2OS. The van der Waals surface area contributed by atoms with Gasteiger partial charge in [-0.3, -0.25) is 4.79 Å². The summed E-state index contributed by atoms with van der Waals surface area (Å²) in [6.45, 7) is 1.32. The van der Waals surface area contributed by atoms with Gasteiger partial charge in [0.15, 0.2) is 0 Å². The minimum atomic E-state index is 0.0710. The summed E-state index contributed by atoms with van der Waals surface area (Å²) in [5, 5.41) is 6.73. The summed E-state index contributed by atoms with van der Waals surface area (Å²) in [7, 11) is 0. The Labute approximate surface area is 125 Å². The Kier molecular flexibility index (Phi) is 3.76. The maximum atomic E-state index is 12.2. The molecule has 0 aliphatic carbocycles. The van der Waals surface area contributed by atoms with E-state index >= 15 is 0 Å². The molecule has 0 radical (unpaired) electrons. The molecule has 0 bridgehead atoms. The first-order valence-corrected chi connectivity index (χ1v) is 7.56. The quantitative estimate of drug-likeness (QED) is 0.795. The van der Waals surface area contributed by atoms with Gasteiger partial charge < -0.3 is 9.88 Å². The normalized spacial score (nSPS) is 10.8. The van der Waals surface area contributed by atoms with Crippen molar-refractivity contribution in [2.75, 3.05) is 11.9 Å². The fraction of sp³-hybridized carbons (Fsp3) is 0.133. The van der Waals surface area contributed by atoms with E-state index in [2.05, 4.69) is 5.32 Å². The van der Waals surface area contributed by atoms with Gasteiger partial charge in [0.25, 0.3) is 5.56 Å². The van der Waals surface area contributed by atoms with Crippen molar-refractivity contribution in [1.82, 2.24) is 4.57 Å². The highest BCUT2D eigenvalue weighted by Crippen LogP contribution is 2.16. The Morgan fingerprint density at radius 2 is 1.95 bits per heavy atom. The molecule has 0 saturated carbocycles. The SMILES string of the molecule is O=c1c2ccsc2ccn1CCNc1ccc(Cl)cc1. The van der Waals surface area contributed by atoms with Gasteiger partial charge in [0.2, 0.25) is 0 Å². The van der Waals surface area contributed by atoms with Crippen LogP contribution in [0.4, 0.5) is 5.69 Å². The molecular weight excluding hydrogens is 292 g/mol. The Morgan fingerprint density at radius 3 is 2.75 bits per heavy atom. The fourth-order valence-electron chi connectivity index (χ4n) is 2.07. The number of nitrogens with one attached hydrogen (secondary N) is 1. The van der Waals surface area contributed by atoms with Crippen LogP contribution >= 0.6 is 22.9 Å². The van der Waals surface area contributed by atoms with Gasteiger partial charge in [0, 0.05) is 34.7 Å². The molecule has 2 heterocycles. The second-order valence-corrected chi connectivity index (χ2v) is 5.83. The minimum Gasteiger partial charge on any atom is -0.383 e. The molecule has 1 N–H and O–H groups in total. The van der Waals surface area contributed by atoms with Gasteiger partial charge in [0.1, 0.15) is 0 Å². The average molecular weight is 305 g/mol. The van der Waals surface area contributed by atoms with Crippen molar-refractivity contribution < 1.29 is 0 Å². The number of rotatable bonds is 4. The number of nitrogens with zero attached hydrogens (tertiary/aromatic N) is 1. The summed E-state index contributed by atoms with van der Waals surface area (Å²) >= 11 is 7.43. The molecule has 0 saturated heterocycles. The standard InChI is InChI=1S/C15H13ClN2OS/c16-11-1-3-12(4-2-11)17-7-9-18-8-5-14-13(15(18)19)6-10-20-14/h1-6,8,10,17H,7,9H2. The van der Waals surface area contributed by atoms with Gasteiger partial charge in [-0.2, -0.15) is 0 Å². The molecule has 5 heteroatoms. The summed E-state index contributed by atoms with van der Waals surface area (Å²) < 4.78 is 2.77. The largest absolute Gasteiger partial charge is 0.383 e. The molecule has 3 nitrogen and oxygen atoms in total. The maximum absolute atomic E-state index is 12.2. The molecule has 3 aromatic rings. The number of thiophene rings is 1. The number of fused-ring (bicyclic) bond motifs is 1. The Balaban J connectivity index is 1.69. The third-order valence-corrected chi connectivity index (χ3v) is 4.25. The van der Waals surface area contributed by atoms with Crippen molar-refractivity contribution in [3.63, 3.8) is 0 Å². The molecule has 0 amide bonds. The number of hydrogen-bond donors (Lipinski definition) is 1. The molecule has 0 aliphatic rings. The highest BCUT2D eigenvalue weighted by atomic mass is 35.5. The van der Waals surface area contributed by atoms with Crippen molar-refractivity contribution in [1.29, 1.82) is 0 Å². The minimum absolute atomic E-state index is 0.0710. The van der Waals surface area contributed by atoms with Crippen molar-refractivity contribution in [2.45, 2.75) is 6.54 Å². The van der Waals surface area contributed by atoms with E-state index in [1.54, 1.807) is 15.9 Å². The van der Waals surface area contributed by atoms with Crippen LogP contribution in [0.1, 0.15) is 0 Å². The number of aromatic nitrogens is 1. The lowest BCUT2D eigenvalue weighted by Gasteiger charge is -2.08. The lowest BCUT2D eigenvalue weighted by molar-refractivity contribution is 0.704. The van der Waals surface area contributed by atoms with Crippen LogP contribution in [0.15, 0.2) is 52.8 Å². The molecule has 0 aliphatic heterocycles. The van der Waals surface area contributed by atoms with Gasteiger partial charge in [-0.05, 0) is 41.8 Å². The zero-order valence-corrected chi connectivity index (χ0v) is 12.2. The number of anilines is 1. The first-order chi connectivity index (χ1) is 9.74. The predicted octanol–water partition coefficient (Wildman–Crippen LogP) is 3.83. The van der Waals surface area contributed by atoms with Gasteiger partial charge in [-0.15, -0.1) is 11.3 Å². The van der Waals surface area contributed by atoms with Crippen molar-refractivity contribution in [2.24, 2.45) is 0 Å². The third-order valence-electron chi connectivity index (χ3n) is 3.12. The van der Waals surface area contributed by atoms with Gasteiger partial charge in [-0.1, -0.05) is 11.6 Å². The van der Waals surface area contributed by atoms with Crippen LogP contribution in [0.2, 0.25) is 5.02 Å². The number of benzene rings is 1. The summed E-state index contributed by atoms with van der Waals surface area (Å²) in [5.74, 6) is 0. The molecule has 0 fully saturated rings. The first-order valence-electron chi connectivity index (χ1n) is 6.30. The second-order valence-electron chi connectivity index (χ2n) is 4.45. The van der Waals surface area contributed by atoms with E-state index in [-0.39, 0.29) is 5.56 Å². The molecule has 1 aromatic carbocycles. The van der Waals surface area contributed by atoms with E-state index in [0.29, 0.717) is 13.1 Å². The van der Waals surface area contributed by atoms with E-state index < -0.39 is 0 Å². The topological polar surface area (TPSA) is 34.0 Å². The number of hydrogen-bond acceptors (Lipinski definition) is 3. The zero-order chi connectivity index (χ0) is 13.9. The highest BCUT2D eigenvalue weighted by Gasteiger charge is 2.03. The molecule has 0 atom stereocenters. The molecule has 0 spiro atoms. The monoisotopic (exact) mass is 304 g/mol. The maximum Gasteiger partial charge on any atom is 0.259 e. The van der Waals surface area contributed by atoms with E-state index in [9.17, 15) is 4.79 Å². The molecule has 0 unspecified atom stereocenters. The summed E-state index contributed by atoms with van der Waals surface area (Å²) in [6.07, 6.45) is 1.85. The van der Waals surface area contributed by atoms with Crippen LogP contribution in [0, 0.1) is 0 Å². The van der Waals surface area contributed by atoms with Crippen LogP contribution in [-0.4, -0.2) is 11.1 Å². The first kappa shape index (κ1) is 13.2. The van der Waals surface area contributed by atoms with Crippen molar-refractivity contribution >= 4 is 38.7 Å². The van der Waals surface area contributed by atoms with E-state index in [0.717, 1.165) is 20.8 Å². The van der Waals surface area contributed by atoms with Crippen molar-refractivity contribution in [3.05, 3.63) is 63.4 Å². The van der Waals surface area contributed by atoms with Crippen LogP contribution < -0.4 is 10.9 Å². The van der Waals surface area contributed by atoms with E-state index in [4.69, 9.17) is 11.6 Å². The summed E-state index contributed by atoms with van der Waals surface area (Å²) in [5.41, 5.74) is 1.07. The Hall–Kier alpha value is -1.78. The van der Waals surface area contributed by atoms with Gasteiger partial charge in [0.05, 0.1) is 5.39 Å². The second kappa shape index (κ2) is 5.69. The van der Waals surface area contributed by atoms with Crippen molar-refractivity contribution in [3.8, 4) is 0 Å². The Morgan fingerprint density at radius 1 is 1.15 bits per heavy atom. The van der Waals surface area contributed by atoms with E-state index in [1.807, 2.05) is 48.0 Å². The average Bonchev–Trinajstić information content (AvgIpc) is 2.93. The Bertz CT molecular complexity index is 776. The molecule has 102 valence electrons. The van der Waals surface area contributed by atoms with Crippen LogP contribution in [0.3, 0.4) is 0 Å². The lowest BCUT2D eigenvalue weighted by Crippen LogP contribution is -2.22. The lowest BCUT2D eigenvalue weighted by atomic mass is 10.3. The molecule has 2 aromatic heterocycles. The smallest absolute Gasteiger partial charge is 0.259 e. The predicted molar refractivity (Wildman–Crippen MR) is 86.0 cm³/mol. The molecule has 3 rings (SSSR count). The summed E-state index contributed by atoms with van der Waals surface area (Å²) in [6, 6.07) is 11.4. The van der Waals surface area contributed by atoms with E-state index in [1.165, 1.54) is 0 Å². The van der Waals surface area contributed by atoms with Gasteiger partial charge >= 0.3 is 0 Å². The fourth-order valence-corrected chi connectivity index (χ4v) is 2.97. The van der Waals surface area contributed by atoms with Crippen LogP contribution in [0.25, 0.3) is 10.1 Å². The highest BCUT2D eigenvalue weighted by molar-refractivity contribution is 7.17. The number of halogens is 1. The van der Waals surface area contributed by atoms with Crippen LogP contribution in [-0.2, 0) is 6.54 Å². The summed E-state index contributed by atoms with van der Waals surface area (Å²) in [4.78, 5) is 12.2. The number of pyridine rings is 1.